The number of halogens is 3. The van der Waals surface area contributed by atoms with E-state index in [1.165, 1.54) is 29.6 Å². The molecule has 54 heavy (non-hydrogen) atoms. The molecule has 4 amide bonds. The summed E-state index contributed by atoms with van der Waals surface area (Å²) < 4.78 is 46.4. The lowest BCUT2D eigenvalue weighted by Crippen LogP contribution is -2.64. The number of amides is 4. The molecule has 19 heteroatoms. The van der Waals surface area contributed by atoms with Crippen LogP contribution in [0.1, 0.15) is 99.3 Å². The third-order valence-corrected chi connectivity index (χ3v) is 10.6. The van der Waals surface area contributed by atoms with E-state index in [2.05, 4.69) is 20.9 Å². The first-order chi connectivity index (χ1) is 25.2. The number of likely N-dealkylation sites (tertiary alicyclic amines) is 1. The maximum absolute atomic E-state index is 14.7. The summed E-state index contributed by atoms with van der Waals surface area (Å²) in [5, 5.41) is 43.6. The summed E-state index contributed by atoms with van der Waals surface area (Å²) >= 11 is 0. The highest BCUT2D eigenvalue weighted by Gasteiger charge is 2.54. The summed E-state index contributed by atoms with van der Waals surface area (Å²) in [7, 11) is 0. The molecular formula is C35H46F3N7O9. The Bertz CT molecular complexity index is 1710. The molecule has 2 aliphatic heterocycles. The standard InChI is InChI=1S/C35H46F3N7O9/c1-32(2,51)26-18-40-43-45(26)23-17-25(30(49)42-33(27(46)28(39)47)12-14-54-15-13-33)44(19-23)31(50)24(16-20-6-4-3-5-7-20)41-29(48)21-8-10-22(11-9-21)34(52,53)35(36,37)38/h8-11,18,20,23-25,51-53H,3-7,12-17,19H2,1-2H3,(H2,39,47)(H,41,48)(H,42,49)/t23-,24?,25-/m0/s1. The molecule has 2 saturated heterocycles. The van der Waals surface area contributed by atoms with Crippen molar-refractivity contribution in [3.8, 4) is 0 Å². The Labute approximate surface area is 308 Å². The van der Waals surface area contributed by atoms with Gasteiger partial charge >= 0.3 is 6.18 Å². The number of primary amides is 1. The minimum absolute atomic E-state index is 0.00744. The fourth-order valence-corrected chi connectivity index (χ4v) is 7.56. The van der Waals surface area contributed by atoms with E-state index in [1.807, 2.05) is 0 Å². The van der Waals surface area contributed by atoms with E-state index in [0.717, 1.165) is 56.4 Å². The van der Waals surface area contributed by atoms with Crippen LogP contribution in [0.2, 0.25) is 0 Å². The van der Waals surface area contributed by atoms with Crippen LogP contribution in [0.4, 0.5) is 13.2 Å². The van der Waals surface area contributed by atoms with E-state index in [1.54, 1.807) is 0 Å². The van der Waals surface area contributed by atoms with Crippen LogP contribution in [-0.4, -0.2) is 108 Å². The topological polar surface area (TPSA) is 239 Å². The van der Waals surface area contributed by atoms with Gasteiger partial charge < -0.3 is 41.3 Å². The Morgan fingerprint density at radius 3 is 2.22 bits per heavy atom. The fraction of sp³-hybridized carbons (Fsp3) is 0.629. The number of alkyl halides is 3. The predicted molar refractivity (Wildman–Crippen MR) is 181 cm³/mol. The zero-order chi connectivity index (χ0) is 39.6. The molecule has 1 unspecified atom stereocenters. The number of ether oxygens (including phenoxy) is 1. The Morgan fingerprint density at radius 1 is 1.02 bits per heavy atom. The minimum Gasteiger partial charge on any atom is -0.384 e. The monoisotopic (exact) mass is 765 g/mol. The molecule has 5 rings (SSSR count). The van der Waals surface area contributed by atoms with Crippen LogP contribution >= 0.6 is 0 Å². The molecule has 7 N–H and O–H groups in total. The predicted octanol–water partition coefficient (Wildman–Crippen LogP) is 0.836. The van der Waals surface area contributed by atoms with Gasteiger partial charge in [0.1, 0.15) is 23.2 Å². The van der Waals surface area contributed by atoms with Crippen molar-refractivity contribution in [3.63, 3.8) is 0 Å². The van der Waals surface area contributed by atoms with Gasteiger partial charge in [-0.1, -0.05) is 49.5 Å². The summed E-state index contributed by atoms with van der Waals surface area (Å²) in [4.78, 5) is 69.0. The molecule has 3 aliphatic rings. The maximum Gasteiger partial charge on any atom is 0.447 e. The smallest absolute Gasteiger partial charge is 0.384 e. The number of nitrogens with two attached hydrogens (primary N) is 1. The van der Waals surface area contributed by atoms with Gasteiger partial charge in [0, 0.05) is 50.1 Å². The van der Waals surface area contributed by atoms with Crippen LogP contribution in [0.25, 0.3) is 0 Å². The fourth-order valence-electron chi connectivity index (χ4n) is 7.56. The van der Waals surface area contributed by atoms with Crippen molar-refractivity contribution in [2.75, 3.05) is 19.8 Å². The second kappa shape index (κ2) is 15.7. The third kappa shape index (κ3) is 8.58. The highest BCUT2D eigenvalue weighted by atomic mass is 19.4. The number of benzene rings is 1. The second-order valence-corrected chi connectivity index (χ2v) is 14.9. The molecule has 3 fully saturated rings. The number of rotatable bonds is 12. The van der Waals surface area contributed by atoms with Crippen molar-refractivity contribution in [2.45, 2.75) is 113 Å². The zero-order valence-corrected chi connectivity index (χ0v) is 30.0. The summed E-state index contributed by atoms with van der Waals surface area (Å²) in [5.41, 5.74) is 1.46. The molecule has 16 nitrogen and oxygen atoms in total. The number of aliphatic hydroxyl groups is 3. The Hall–Kier alpha value is -4.46. The molecule has 1 aromatic carbocycles. The normalized spacial score (nSPS) is 21.7. The van der Waals surface area contributed by atoms with Gasteiger partial charge in [0.15, 0.2) is 0 Å². The Morgan fingerprint density at radius 2 is 1.65 bits per heavy atom. The molecule has 0 spiro atoms. The van der Waals surface area contributed by atoms with Crippen molar-refractivity contribution in [2.24, 2.45) is 11.7 Å². The van der Waals surface area contributed by atoms with E-state index < -0.39 is 76.2 Å². The van der Waals surface area contributed by atoms with Crippen molar-refractivity contribution < 1.29 is 57.2 Å². The van der Waals surface area contributed by atoms with E-state index in [0.29, 0.717) is 5.69 Å². The molecule has 1 aromatic heterocycles. The van der Waals surface area contributed by atoms with Gasteiger partial charge in [0.05, 0.1) is 17.9 Å². The number of hydrogen-bond donors (Lipinski definition) is 6. The summed E-state index contributed by atoms with van der Waals surface area (Å²) in [5.74, 6) is -8.70. The first-order valence-corrected chi connectivity index (χ1v) is 17.9. The second-order valence-electron chi connectivity index (χ2n) is 14.9. The van der Waals surface area contributed by atoms with Crippen molar-refractivity contribution in [1.82, 2.24) is 30.5 Å². The van der Waals surface area contributed by atoms with Crippen LogP contribution in [-0.2, 0) is 35.3 Å². The largest absolute Gasteiger partial charge is 0.447 e. The lowest BCUT2D eigenvalue weighted by atomic mass is 9.84. The van der Waals surface area contributed by atoms with E-state index in [9.17, 15) is 52.5 Å². The number of aromatic nitrogens is 3. The van der Waals surface area contributed by atoms with E-state index in [4.69, 9.17) is 10.5 Å². The summed E-state index contributed by atoms with van der Waals surface area (Å²) in [6.45, 7) is 2.99. The number of ketones is 1. The highest BCUT2D eigenvalue weighted by Crippen LogP contribution is 2.37. The van der Waals surface area contributed by atoms with Gasteiger partial charge in [-0.25, -0.2) is 4.68 Å². The zero-order valence-electron chi connectivity index (χ0n) is 30.0. The van der Waals surface area contributed by atoms with Crippen molar-refractivity contribution in [1.29, 1.82) is 0 Å². The van der Waals surface area contributed by atoms with Gasteiger partial charge in [-0.3, -0.25) is 24.0 Å². The molecule has 0 bridgehead atoms. The van der Waals surface area contributed by atoms with Gasteiger partial charge in [0.25, 0.3) is 17.6 Å². The van der Waals surface area contributed by atoms with Gasteiger partial charge in [-0.05, 0) is 38.3 Å². The van der Waals surface area contributed by atoms with Gasteiger partial charge in [-0.15, -0.1) is 5.10 Å². The first-order valence-electron chi connectivity index (χ1n) is 17.9. The maximum atomic E-state index is 14.7. The number of Topliss-reactive ketones (excluding diaryl/α,β-unsaturated/α-hetero) is 1. The number of hydrogen-bond acceptors (Lipinski definition) is 11. The van der Waals surface area contributed by atoms with Gasteiger partial charge in [0.2, 0.25) is 17.6 Å². The quantitative estimate of drug-likeness (QED) is 0.131. The summed E-state index contributed by atoms with van der Waals surface area (Å²) in [6, 6.07) is 0.203. The van der Waals surface area contributed by atoms with E-state index in [-0.39, 0.29) is 56.9 Å². The Balaban J connectivity index is 1.48. The minimum atomic E-state index is -5.41. The number of carbonyl (C=O) groups is 5. The van der Waals surface area contributed by atoms with Crippen LogP contribution < -0.4 is 16.4 Å². The first kappa shape index (κ1) is 40.7. The van der Waals surface area contributed by atoms with Crippen molar-refractivity contribution in [3.05, 3.63) is 47.3 Å². The van der Waals surface area contributed by atoms with Crippen LogP contribution in [0.3, 0.4) is 0 Å². The number of nitrogens with one attached hydrogen (secondary N) is 2. The van der Waals surface area contributed by atoms with Crippen LogP contribution in [0, 0.1) is 5.92 Å². The molecule has 2 aromatic rings. The van der Waals surface area contributed by atoms with E-state index >= 15 is 0 Å². The molecule has 296 valence electrons. The molecular weight excluding hydrogens is 719 g/mol. The molecule has 3 heterocycles. The summed E-state index contributed by atoms with van der Waals surface area (Å²) in [6.07, 6.45) is 0.268. The lowest BCUT2D eigenvalue weighted by Gasteiger charge is -2.37. The molecule has 1 saturated carbocycles. The molecule has 0 radical (unpaired) electrons. The molecule has 3 atom stereocenters. The highest BCUT2D eigenvalue weighted by molar-refractivity contribution is 6.39. The van der Waals surface area contributed by atoms with Crippen LogP contribution in [0.15, 0.2) is 30.5 Å². The SMILES string of the molecule is CC(C)(O)c1cnnn1[C@H]1C[C@@H](C(=O)NC2(C(=O)C(N)=O)CCOCC2)N(C(=O)C(CC2CCCCC2)NC(=O)c2ccc(C(O)(O)C(F)(F)F)cc2)C1. The number of nitrogens with zero attached hydrogens (tertiary/aromatic N) is 4. The Kier molecular flexibility index (Phi) is 11.9. The third-order valence-electron chi connectivity index (χ3n) is 10.6. The average molecular weight is 766 g/mol. The van der Waals surface area contributed by atoms with Crippen molar-refractivity contribution >= 4 is 29.4 Å². The number of carbonyl (C=O) groups excluding carboxylic acids is 5. The molecule has 1 aliphatic carbocycles. The average Bonchev–Trinajstić information content (AvgIpc) is 3.80. The van der Waals surface area contributed by atoms with Crippen LogP contribution in [0.5, 0.6) is 0 Å². The lowest BCUT2D eigenvalue weighted by molar-refractivity contribution is -0.358. The van der Waals surface area contributed by atoms with Gasteiger partial charge in [-0.2, -0.15) is 13.2 Å².